The summed E-state index contributed by atoms with van der Waals surface area (Å²) in [6, 6.07) is 8.53. The summed E-state index contributed by atoms with van der Waals surface area (Å²) in [5, 5.41) is 6.13. The first-order chi connectivity index (χ1) is 10.6. The summed E-state index contributed by atoms with van der Waals surface area (Å²) >= 11 is 0. The summed E-state index contributed by atoms with van der Waals surface area (Å²) in [6.07, 6.45) is 2.25. The minimum atomic E-state index is -0.00710. The largest absolute Gasteiger partial charge is 0.373 e. The van der Waals surface area contributed by atoms with Gasteiger partial charge in [-0.05, 0) is 32.4 Å². The number of aryl methyl sites for hydroxylation is 1. The van der Waals surface area contributed by atoms with Crippen molar-refractivity contribution in [3.8, 4) is 0 Å². The molecular formula is C18H28N2O2. The smallest absolute Gasteiger partial charge is 0.224 e. The Balaban J connectivity index is 1.95. The molecule has 1 saturated heterocycles. The van der Waals surface area contributed by atoms with Crippen LogP contribution in [0.3, 0.4) is 0 Å². The quantitative estimate of drug-likeness (QED) is 0.848. The van der Waals surface area contributed by atoms with Gasteiger partial charge in [-0.2, -0.15) is 0 Å². The second kappa shape index (κ2) is 8.30. The van der Waals surface area contributed by atoms with E-state index in [1.165, 1.54) is 11.1 Å². The maximum Gasteiger partial charge on any atom is 0.224 e. The van der Waals surface area contributed by atoms with E-state index < -0.39 is 0 Å². The van der Waals surface area contributed by atoms with Crippen molar-refractivity contribution in [1.29, 1.82) is 0 Å². The molecule has 122 valence electrons. The molecule has 2 rings (SSSR count). The molecule has 2 N–H and O–H groups in total. The van der Waals surface area contributed by atoms with Crippen molar-refractivity contribution < 1.29 is 9.53 Å². The van der Waals surface area contributed by atoms with Gasteiger partial charge in [0.1, 0.15) is 0 Å². The number of ether oxygens (including phenoxy) is 1. The molecule has 1 fully saturated rings. The third-order valence-electron chi connectivity index (χ3n) is 4.35. The number of amides is 1. The van der Waals surface area contributed by atoms with E-state index in [1.807, 2.05) is 14.0 Å². The van der Waals surface area contributed by atoms with E-state index in [2.05, 4.69) is 41.8 Å². The van der Waals surface area contributed by atoms with Crippen molar-refractivity contribution in [2.45, 2.75) is 32.8 Å². The number of carbonyl (C=O) groups excluding carboxylic acids is 1. The summed E-state index contributed by atoms with van der Waals surface area (Å²) in [5.74, 6) is 0.456. The van der Waals surface area contributed by atoms with Crippen molar-refractivity contribution in [2.75, 3.05) is 26.7 Å². The van der Waals surface area contributed by atoms with Crippen LogP contribution in [0.15, 0.2) is 24.3 Å². The van der Waals surface area contributed by atoms with Crippen LogP contribution in [0.5, 0.6) is 0 Å². The number of hydrogen-bond acceptors (Lipinski definition) is 3. The first-order valence-corrected chi connectivity index (χ1v) is 8.22. The molecule has 4 nitrogen and oxygen atoms in total. The predicted molar refractivity (Wildman–Crippen MR) is 88.7 cm³/mol. The molecule has 3 atom stereocenters. The second-order valence-electron chi connectivity index (χ2n) is 6.31. The highest BCUT2D eigenvalue weighted by Crippen LogP contribution is 2.33. The lowest BCUT2D eigenvalue weighted by Gasteiger charge is -2.32. The third-order valence-corrected chi connectivity index (χ3v) is 4.35. The fraction of sp³-hybridized carbons (Fsp3) is 0.611. The van der Waals surface area contributed by atoms with Gasteiger partial charge in [-0.15, -0.1) is 0 Å². The van der Waals surface area contributed by atoms with Crippen LogP contribution in [-0.2, 0) is 9.53 Å². The zero-order chi connectivity index (χ0) is 15.9. The molecule has 0 aromatic heterocycles. The summed E-state index contributed by atoms with van der Waals surface area (Å²) in [6.45, 7) is 6.23. The maximum absolute atomic E-state index is 12.1. The van der Waals surface area contributed by atoms with Gasteiger partial charge in [0, 0.05) is 31.5 Å². The van der Waals surface area contributed by atoms with E-state index in [0.29, 0.717) is 19.0 Å². The van der Waals surface area contributed by atoms with Gasteiger partial charge in [-0.25, -0.2) is 0 Å². The van der Waals surface area contributed by atoms with E-state index in [9.17, 15) is 4.79 Å². The second-order valence-corrected chi connectivity index (χ2v) is 6.31. The van der Waals surface area contributed by atoms with Crippen LogP contribution in [0.25, 0.3) is 0 Å². The van der Waals surface area contributed by atoms with Crippen molar-refractivity contribution in [3.63, 3.8) is 0 Å². The van der Waals surface area contributed by atoms with Crippen molar-refractivity contribution in [3.05, 3.63) is 35.4 Å². The fourth-order valence-electron chi connectivity index (χ4n) is 2.98. The van der Waals surface area contributed by atoms with Crippen molar-refractivity contribution >= 4 is 5.91 Å². The van der Waals surface area contributed by atoms with Crippen LogP contribution in [0.2, 0.25) is 0 Å². The van der Waals surface area contributed by atoms with Crippen molar-refractivity contribution in [2.24, 2.45) is 11.8 Å². The maximum atomic E-state index is 12.1. The normalized spacial score (nSPS) is 23.0. The SMILES string of the molecule is CNCC(C)C(=O)NCC1CCCOC1c1ccc(C)cc1. The Hall–Kier alpha value is -1.39. The Labute approximate surface area is 133 Å². The van der Waals surface area contributed by atoms with Gasteiger partial charge in [-0.3, -0.25) is 4.79 Å². The molecule has 0 bridgehead atoms. The average molecular weight is 304 g/mol. The van der Waals surface area contributed by atoms with Gasteiger partial charge >= 0.3 is 0 Å². The molecule has 1 amide bonds. The van der Waals surface area contributed by atoms with Gasteiger partial charge in [0.05, 0.1) is 6.10 Å². The Bertz CT molecular complexity index is 472. The molecule has 1 aliphatic rings. The number of hydrogen-bond donors (Lipinski definition) is 2. The number of nitrogens with one attached hydrogen (secondary N) is 2. The fourth-order valence-corrected chi connectivity index (χ4v) is 2.98. The highest BCUT2D eigenvalue weighted by atomic mass is 16.5. The van der Waals surface area contributed by atoms with E-state index in [4.69, 9.17) is 4.74 Å². The Morgan fingerprint density at radius 1 is 1.36 bits per heavy atom. The van der Waals surface area contributed by atoms with Crippen molar-refractivity contribution in [1.82, 2.24) is 10.6 Å². The monoisotopic (exact) mass is 304 g/mol. The van der Waals surface area contributed by atoms with Crippen LogP contribution in [-0.4, -0.2) is 32.7 Å². The molecule has 0 radical (unpaired) electrons. The van der Waals surface area contributed by atoms with Gasteiger partial charge in [0.15, 0.2) is 0 Å². The molecule has 3 unspecified atom stereocenters. The van der Waals surface area contributed by atoms with E-state index in [1.54, 1.807) is 0 Å². The number of carbonyl (C=O) groups is 1. The van der Waals surface area contributed by atoms with E-state index >= 15 is 0 Å². The summed E-state index contributed by atoms with van der Waals surface area (Å²) < 4.78 is 5.99. The molecule has 4 heteroatoms. The molecule has 22 heavy (non-hydrogen) atoms. The first kappa shape index (κ1) is 17.0. The lowest BCUT2D eigenvalue weighted by atomic mass is 9.89. The first-order valence-electron chi connectivity index (χ1n) is 8.22. The number of rotatable bonds is 6. The van der Waals surface area contributed by atoms with E-state index in [0.717, 1.165) is 19.4 Å². The zero-order valence-corrected chi connectivity index (χ0v) is 13.9. The molecule has 1 aromatic carbocycles. The van der Waals surface area contributed by atoms with Crippen LogP contribution < -0.4 is 10.6 Å². The number of benzene rings is 1. The highest BCUT2D eigenvalue weighted by Gasteiger charge is 2.28. The van der Waals surface area contributed by atoms with Gasteiger partial charge in [0.2, 0.25) is 5.91 Å². The standard InChI is InChI=1S/C18H28N2O2/c1-13-6-8-15(9-7-13)17-16(5-4-10-22-17)12-20-18(21)14(2)11-19-3/h6-9,14,16-17,19H,4-5,10-12H2,1-3H3,(H,20,21). The minimum absolute atomic E-state index is 0.00710. The van der Waals surface area contributed by atoms with Crippen LogP contribution in [0, 0.1) is 18.8 Å². The zero-order valence-electron chi connectivity index (χ0n) is 13.9. The van der Waals surface area contributed by atoms with Crippen LogP contribution in [0.4, 0.5) is 0 Å². The summed E-state index contributed by atoms with van der Waals surface area (Å²) in [4.78, 5) is 12.1. The molecule has 0 saturated carbocycles. The molecular weight excluding hydrogens is 276 g/mol. The van der Waals surface area contributed by atoms with Crippen LogP contribution in [0.1, 0.15) is 37.0 Å². The lowest BCUT2D eigenvalue weighted by molar-refractivity contribution is -0.125. The third kappa shape index (κ3) is 4.55. The molecule has 1 aromatic rings. The molecule has 1 aliphatic heterocycles. The van der Waals surface area contributed by atoms with Gasteiger partial charge < -0.3 is 15.4 Å². The molecule has 0 spiro atoms. The predicted octanol–water partition coefficient (Wildman–Crippen LogP) is 2.43. The lowest BCUT2D eigenvalue weighted by Crippen LogP contribution is -2.39. The van der Waals surface area contributed by atoms with Gasteiger partial charge in [-0.1, -0.05) is 36.8 Å². The Kier molecular flexibility index (Phi) is 6.40. The summed E-state index contributed by atoms with van der Waals surface area (Å²) in [5.41, 5.74) is 2.47. The summed E-state index contributed by atoms with van der Waals surface area (Å²) in [7, 11) is 1.87. The molecule has 0 aliphatic carbocycles. The Morgan fingerprint density at radius 3 is 2.77 bits per heavy atom. The van der Waals surface area contributed by atoms with Gasteiger partial charge in [0.25, 0.3) is 0 Å². The minimum Gasteiger partial charge on any atom is -0.373 e. The average Bonchev–Trinajstić information content (AvgIpc) is 2.54. The topological polar surface area (TPSA) is 50.4 Å². The van der Waals surface area contributed by atoms with E-state index in [-0.39, 0.29) is 17.9 Å². The van der Waals surface area contributed by atoms with Crippen LogP contribution >= 0.6 is 0 Å². The molecule has 1 heterocycles. The Morgan fingerprint density at radius 2 is 2.09 bits per heavy atom. The highest BCUT2D eigenvalue weighted by molar-refractivity contribution is 5.78.